The number of hydrogen-bond donors (Lipinski definition) is 0. The van der Waals surface area contributed by atoms with Crippen LogP contribution < -0.4 is 0 Å². The molecule has 17 aromatic carbocycles. The Balaban J connectivity index is 0.000000100. The Morgan fingerprint density at radius 1 is 0.178 bits per heavy atom. The maximum absolute atomic E-state index is 4.78. The van der Waals surface area contributed by atoms with Crippen LogP contribution in [0.4, 0.5) is 0 Å². The number of aromatic nitrogens is 12. The van der Waals surface area contributed by atoms with Crippen LogP contribution in [-0.4, -0.2) is 101 Å². The summed E-state index contributed by atoms with van der Waals surface area (Å²) in [7, 11) is 0. The average Bonchev–Trinajstić information content (AvgIpc) is 1.57. The third-order valence-electron chi connectivity index (χ3n) is 25.9. The monoisotopic (exact) mass is 1840 g/mol. The van der Waals surface area contributed by atoms with E-state index in [0.29, 0.717) is 0 Å². The third kappa shape index (κ3) is 11.4. The van der Waals surface area contributed by atoms with Gasteiger partial charge in [-0.3, -0.25) is 0 Å². The van der Waals surface area contributed by atoms with Crippen LogP contribution in [0, 0.1) is 0 Å². The van der Waals surface area contributed by atoms with E-state index in [1.54, 1.807) is 0 Å². The van der Waals surface area contributed by atoms with Gasteiger partial charge in [-0.2, -0.15) is 0 Å². The Morgan fingerprint density at radius 3 is 0.860 bits per heavy atom. The molecule has 0 N–H and O–H groups in total. The number of nitrogens with zero attached hydrogens (tertiary/aromatic N) is 12. The number of rotatable bonds is 8. The minimum absolute atomic E-state index is 0.0581. The number of hydrogen-bond acceptors (Lipinski definition) is 6. The van der Waals surface area contributed by atoms with Gasteiger partial charge in [0.05, 0.1) is 0 Å². The Morgan fingerprint density at radius 2 is 0.465 bits per heavy atom. The zero-order valence-electron chi connectivity index (χ0n) is 68.9. The van der Waals surface area contributed by atoms with Gasteiger partial charge in [-0.25, -0.2) is 0 Å². The SMILES string of the molecule is c1ccc(-c2c(-n3c4ccccc4c4cc(-n5c6ccccc6c6ccccc65)ccc43)ccc3c2[se]c2nccnc23)cc1.c1ccc(-c2cc3c(cc2-n2c4ccccc4c4cc(-n5c6ccccc6c6ccccc65)ccc42)[se]c2nccnc23)cc1.c1ccc2c(c1)c1ccccc1n2-c1cc2[se]c3nccnc3c2cc1-n1c2ccccc2c2ccccc21. The summed E-state index contributed by atoms with van der Waals surface area (Å²) in [5.74, 6) is 0. The van der Waals surface area contributed by atoms with Crippen LogP contribution in [-0.2, 0) is 0 Å². The van der Waals surface area contributed by atoms with Crippen molar-refractivity contribution in [2.75, 3.05) is 0 Å². The zero-order valence-corrected chi connectivity index (χ0v) is 74.0. The van der Waals surface area contributed by atoms with Gasteiger partial charge in [-0.05, 0) is 0 Å². The summed E-state index contributed by atoms with van der Waals surface area (Å²) in [5.41, 5.74) is 29.4. The summed E-state index contributed by atoms with van der Waals surface area (Å²) in [6, 6.07) is 137. The second kappa shape index (κ2) is 29.5. The van der Waals surface area contributed by atoms with Gasteiger partial charge in [-0.15, -0.1) is 0 Å². The van der Waals surface area contributed by atoms with Crippen molar-refractivity contribution in [2.45, 2.75) is 0 Å². The summed E-state index contributed by atoms with van der Waals surface area (Å²) in [6.45, 7) is 0. The van der Waals surface area contributed by atoms with E-state index in [0.717, 1.165) is 46.8 Å². The quantitative estimate of drug-likeness (QED) is 0.140. The van der Waals surface area contributed by atoms with Gasteiger partial charge in [0.15, 0.2) is 0 Å². The molecule has 0 radical (unpaired) electrons. The molecule has 0 atom stereocenters. The van der Waals surface area contributed by atoms with Crippen molar-refractivity contribution in [3.63, 3.8) is 0 Å². The fourth-order valence-electron chi connectivity index (χ4n) is 20.5. The Hall–Kier alpha value is -15.7. The second-order valence-electron chi connectivity index (χ2n) is 32.8. The van der Waals surface area contributed by atoms with Crippen molar-refractivity contribution >= 4 is 233 Å². The Kier molecular flexibility index (Phi) is 16.8. The minimum atomic E-state index is 0.0581. The van der Waals surface area contributed by atoms with Gasteiger partial charge in [0.25, 0.3) is 0 Å². The van der Waals surface area contributed by atoms with Crippen molar-refractivity contribution in [2.24, 2.45) is 0 Å². The molecular weight excluding hydrogens is 1770 g/mol. The van der Waals surface area contributed by atoms with Crippen LogP contribution in [0.1, 0.15) is 0 Å². The topological polar surface area (TPSA) is 107 Å². The first kappa shape index (κ1) is 73.7. The van der Waals surface area contributed by atoms with Crippen LogP contribution in [0.5, 0.6) is 0 Å². The first-order valence-electron chi connectivity index (χ1n) is 43.2. The summed E-state index contributed by atoms with van der Waals surface area (Å²) in [6.07, 6.45) is 10.9. The van der Waals surface area contributed by atoms with Gasteiger partial charge in [0, 0.05) is 0 Å². The molecule has 0 spiro atoms. The Bertz CT molecular complexity index is 9240. The average molecular weight is 1840 g/mol. The summed E-state index contributed by atoms with van der Waals surface area (Å²) in [5, 5.41) is 18.7. The van der Waals surface area contributed by atoms with E-state index >= 15 is 0 Å². The van der Waals surface area contributed by atoms with Crippen LogP contribution in [0.2, 0.25) is 0 Å². The molecule has 29 rings (SSSR count). The molecule has 12 heterocycles. The van der Waals surface area contributed by atoms with E-state index in [1.807, 2.05) is 37.2 Å². The Labute approximate surface area is 753 Å². The molecule has 0 fully saturated rings. The molecule has 12 nitrogen and oxygen atoms in total. The normalized spacial score (nSPS) is 12.0. The van der Waals surface area contributed by atoms with E-state index < -0.39 is 0 Å². The van der Waals surface area contributed by atoms with Crippen molar-refractivity contribution in [3.05, 3.63) is 413 Å². The standard InChI is InChI=1S/2C40H24N4Se.C34H20N4Se/c1-2-10-25(11-3-1)37-36(21-19-30-38-40(45-39(30)37)42-23-22-41-38)44-34-17-9-6-14-29(34)31-24-26(18-20-35(31)44)43-32-15-7-4-12-27(32)28-13-5-8-16-33(28)43;1-2-10-25(11-3-1)30-23-32-38(45-40-39(32)41-20-21-42-40)24-37(30)44-35-17-9-6-14-29(35)31-22-26(18-19-36(31)44)43-33-15-7-4-12-27(33)28-13-5-8-16-34(28)43;1-5-13-26-21(9-1)22-10-2-6-14-27(22)37(26)30-19-25-32(39-34-33(25)35-17-18-36-34)20-31(30)38-28-15-7-3-11-23(28)24-12-4-8-16-29(24)38/h2*1-24H;1-20H. The fourth-order valence-corrected chi connectivity index (χ4v) is 27.3. The van der Waals surface area contributed by atoms with Crippen LogP contribution in [0.15, 0.2) is 413 Å². The van der Waals surface area contributed by atoms with E-state index in [-0.39, 0.29) is 43.5 Å². The van der Waals surface area contributed by atoms with Gasteiger partial charge < -0.3 is 0 Å². The van der Waals surface area contributed by atoms with Crippen LogP contribution in [0.3, 0.4) is 0 Å². The molecule has 0 aliphatic rings. The van der Waals surface area contributed by atoms with Crippen molar-refractivity contribution in [1.82, 2.24) is 57.3 Å². The molecule has 0 unspecified atom stereocenters. The molecule has 0 bridgehead atoms. The first-order valence-corrected chi connectivity index (χ1v) is 48.3. The van der Waals surface area contributed by atoms with E-state index in [2.05, 4.69) is 404 Å². The molecule has 129 heavy (non-hydrogen) atoms. The predicted molar refractivity (Wildman–Crippen MR) is 539 cm³/mol. The van der Waals surface area contributed by atoms with Crippen molar-refractivity contribution in [3.8, 4) is 56.4 Å². The van der Waals surface area contributed by atoms with Crippen molar-refractivity contribution < 1.29 is 0 Å². The summed E-state index contributed by atoms with van der Waals surface area (Å²) >= 11 is 0.264. The summed E-state index contributed by atoms with van der Waals surface area (Å²) < 4.78 is 21.9. The first-order chi connectivity index (χ1) is 64.0. The molecular formula is C114H68N12Se3. The van der Waals surface area contributed by atoms with Gasteiger partial charge in [0.1, 0.15) is 0 Å². The van der Waals surface area contributed by atoms with Crippen molar-refractivity contribution in [1.29, 1.82) is 0 Å². The molecule has 0 aliphatic carbocycles. The molecule has 0 saturated heterocycles. The molecule has 0 amide bonds. The maximum atomic E-state index is 4.78. The van der Waals surface area contributed by atoms with Crippen LogP contribution in [0.25, 0.3) is 246 Å². The van der Waals surface area contributed by atoms with Gasteiger partial charge in [-0.1, -0.05) is 24.3 Å². The number of para-hydroxylation sites is 10. The molecule has 0 aliphatic heterocycles. The summed E-state index contributed by atoms with van der Waals surface area (Å²) in [4.78, 5) is 28.4. The van der Waals surface area contributed by atoms with E-state index in [4.69, 9.17) is 29.9 Å². The molecule has 602 valence electrons. The number of benzene rings is 17. The molecule has 15 heteroatoms. The fraction of sp³-hybridized carbons (Fsp3) is 0. The zero-order chi connectivity index (χ0) is 84.5. The van der Waals surface area contributed by atoms with E-state index in [1.165, 1.54) is 199 Å². The van der Waals surface area contributed by atoms with Gasteiger partial charge >= 0.3 is 736 Å². The van der Waals surface area contributed by atoms with Crippen LogP contribution >= 0.6 is 0 Å². The number of fused-ring (bicyclic) bond motifs is 27. The van der Waals surface area contributed by atoms with E-state index in [9.17, 15) is 0 Å². The second-order valence-corrected chi connectivity index (χ2v) is 39.2. The molecule has 12 aromatic heterocycles. The molecule has 29 aromatic rings. The molecule has 0 saturated carbocycles. The van der Waals surface area contributed by atoms with Gasteiger partial charge in [0.2, 0.25) is 0 Å². The predicted octanol–water partition coefficient (Wildman–Crippen LogP) is 27.4. The third-order valence-corrected chi connectivity index (χ3v) is 32.7.